The maximum atomic E-state index is 5.77. The zero-order valence-corrected chi connectivity index (χ0v) is 10.6. The highest BCUT2D eigenvalue weighted by molar-refractivity contribution is 5.67. The number of rotatable bonds is 1. The van der Waals surface area contributed by atoms with Crippen molar-refractivity contribution in [1.29, 1.82) is 0 Å². The minimum Gasteiger partial charge on any atom is -0.384 e. The van der Waals surface area contributed by atoms with Crippen LogP contribution in [0.25, 0.3) is 11.4 Å². The van der Waals surface area contributed by atoms with Crippen LogP contribution in [0.15, 0.2) is 24.3 Å². The summed E-state index contributed by atoms with van der Waals surface area (Å²) < 4.78 is 0. The predicted octanol–water partition coefficient (Wildman–Crippen LogP) is 2.03. The van der Waals surface area contributed by atoms with E-state index in [0.29, 0.717) is 11.6 Å². The molecule has 1 aromatic heterocycles. The minimum atomic E-state index is 0.523. The number of nitrogen functional groups attached to an aromatic ring is 1. The highest BCUT2D eigenvalue weighted by Gasteiger charge is 2.16. The third kappa shape index (κ3) is 1.79. The van der Waals surface area contributed by atoms with Crippen molar-refractivity contribution in [2.24, 2.45) is 0 Å². The van der Waals surface area contributed by atoms with Gasteiger partial charge in [0, 0.05) is 36.6 Å². The van der Waals surface area contributed by atoms with Gasteiger partial charge in [0.25, 0.3) is 0 Å². The van der Waals surface area contributed by atoms with Crippen molar-refractivity contribution < 1.29 is 0 Å². The first-order valence-corrected chi connectivity index (χ1v) is 6.09. The molecule has 1 aromatic carbocycles. The summed E-state index contributed by atoms with van der Waals surface area (Å²) in [7, 11) is 2.12. The quantitative estimate of drug-likeness (QED) is 0.828. The molecule has 2 aromatic rings. The third-order valence-corrected chi connectivity index (χ3v) is 3.34. The van der Waals surface area contributed by atoms with Crippen LogP contribution in [0.3, 0.4) is 0 Å². The van der Waals surface area contributed by atoms with Crippen LogP contribution in [0.4, 0.5) is 11.5 Å². The van der Waals surface area contributed by atoms with Crippen LogP contribution < -0.4 is 10.6 Å². The number of fused-ring (bicyclic) bond motifs is 1. The van der Waals surface area contributed by atoms with Gasteiger partial charge in [-0.25, -0.2) is 9.97 Å². The van der Waals surface area contributed by atoms with Crippen LogP contribution >= 0.6 is 0 Å². The van der Waals surface area contributed by atoms with Gasteiger partial charge in [-0.05, 0) is 37.1 Å². The van der Waals surface area contributed by atoms with E-state index in [1.165, 1.54) is 11.3 Å². The number of anilines is 2. The number of benzene rings is 1. The molecule has 3 rings (SSSR count). The number of aromatic nitrogens is 2. The van der Waals surface area contributed by atoms with Crippen LogP contribution in [-0.4, -0.2) is 23.6 Å². The van der Waals surface area contributed by atoms with Gasteiger partial charge in [-0.1, -0.05) is 0 Å². The molecule has 4 nitrogen and oxygen atoms in total. The Morgan fingerprint density at radius 2 is 2.06 bits per heavy atom. The molecule has 0 amide bonds. The lowest BCUT2D eigenvalue weighted by molar-refractivity contribution is 0.956. The van der Waals surface area contributed by atoms with Crippen LogP contribution in [0.2, 0.25) is 0 Å². The van der Waals surface area contributed by atoms with Crippen molar-refractivity contribution in [3.63, 3.8) is 0 Å². The standard InChI is InChI=1S/C14H16N4/c1-9-7-13(15)17-14(16-9)11-3-4-12-10(8-11)5-6-18(12)2/h3-4,7-8H,5-6H2,1-2H3,(H2,15,16,17). The molecule has 92 valence electrons. The van der Waals surface area contributed by atoms with Gasteiger partial charge in [0.15, 0.2) is 5.82 Å². The lowest BCUT2D eigenvalue weighted by atomic mass is 10.1. The van der Waals surface area contributed by atoms with Crippen LogP contribution in [0, 0.1) is 6.92 Å². The number of likely N-dealkylation sites (N-methyl/N-ethyl adjacent to an activating group) is 1. The Hall–Kier alpha value is -2.10. The van der Waals surface area contributed by atoms with Crippen LogP contribution in [0.5, 0.6) is 0 Å². The normalized spacial score (nSPS) is 13.8. The maximum Gasteiger partial charge on any atom is 0.161 e. The summed E-state index contributed by atoms with van der Waals surface area (Å²) in [5.74, 6) is 1.24. The Morgan fingerprint density at radius 1 is 1.22 bits per heavy atom. The summed E-state index contributed by atoms with van der Waals surface area (Å²) in [5, 5.41) is 0. The van der Waals surface area contributed by atoms with Gasteiger partial charge in [-0.2, -0.15) is 0 Å². The van der Waals surface area contributed by atoms with E-state index in [1.807, 2.05) is 6.92 Å². The predicted molar refractivity (Wildman–Crippen MR) is 73.6 cm³/mol. The van der Waals surface area contributed by atoms with E-state index in [-0.39, 0.29) is 0 Å². The molecule has 0 fully saturated rings. The Kier molecular flexibility index (Phi) is 2.44. The average Bonchev–Trinajstić information content (AvgIpc) is 2.69. The van der Waals surface area contributed by atoms with Gasteiger partial charge in [0.05, 0.1) is 0 Å². The molecule has 0 atom stereocenters. The molecule has 0 bridgehead atoms. The second-order valence-electron chi connectivity index (χ2n) is 4.77. The van der Waals surface area contributed by atoms with Gasteiger partial charge in [0.2, 0.25) is 0 Å². The van der Waals surface area contributed by atoms with Crippen LogP contribution in [0.1, 0.15) is 11.3 Å². The number of aryl methyl sites for hydroxylation is 1. The fourth-order valence-corrected chi connectivity index (χ4v) is 2.43. The molecule has 2 N–H and O–H groups in total. The third-order valence-electron chi connectivity index (χ3n) is 3.34. The monoisotopic (exact) mass is 240 g/mol. The summed E-state index contributed by atoms with van der Waals surface area (Å²) >= 11 is 0. The summed E-state index contributed by atoms with van der Waals surface area (Å²) in [4.78, 5) is 11.0. The van der Waals surface area contributed by atoms with E-state index in [0.717, 1.165) is 24.2 Å². The van der Waals surface area contributed by atoms with E-state index in [1.54, 1.807) is 6.07 Å². The average molecular weight is 240 g/mol. The molecule has 1 aliphatic rings. The molecule has 0 saturated carbocycles. The molecular formula is C14H16N4. The summed E-state index contributed by atoms with van der Waals surface area (Å²) in [6, 6.07) is 8.16. The topological polar surface area (TPSA) is 55.0 Å². The molecule has 2 heterocycles. The Labute approximate surface area is 106 Å². The molecule has 18 heavy (non-hydrogen) atoms. The molecular weight excluding hydrogens is 224 g/mol. The lowest BCUT2D eigenvalue weighted by Gasteiger charge is -2.12. The van der Waals surface area contributed by atoms with E-state index >= 15 is 0 Å². The number of hydrogen-bond acceptors (Lipinski definition) is 4. The highest BCUT2D eigenvalue weighted by Crippen LogP contribution is 2.30. The second kappa shape index (κ2) is 3.98. The van der Waals surface area contributed by atoms with E-state index in [4.69, 9.17) is 5.73 Å². The first-order chi connectivity index (χ1) is 8.63. The zero-order valence-electron chi connectivity index (χ0n) is 10.6. The molecule has 0 spiro atoms. The van der Waals surface area contributed by atoms with Crippen molar-refractivity contribution in [3.8, 4) is 11.4 Å². The van der Waals surface area contributed by atoms with E-state index < -0.39 is 0 Å². The first kappa shape index (κ1) is 11.0. The first-order valence-electron chi connectivity index (χ1n) is 6.09. The Bertz CT molecular complexity index is 586. The molecule has 1 aliphatic heterocycles. The van der Waals surface area contributed by atoms with Crippen molar-refractivity contribution >= 4 is 11.5 Å². The largest absolute Gasteiger partial charge is 0.384 e. The fourth-order valence-electron chi connectivity index (χ4n) is 2.43. The SMILES string of the molecule is Cc1cc(N)nc(-c2ccc3c(c2)CCN3C)n1. The van der Waals surface area contributed by atoms with E-state index in [2.05, 4.69) is 40.1 Å². The molecule has 0 unspecified atom stereocenters. The molecule has 4 heteroatoms. The van der Waals surface area contributed by atoms with Crippen LogP contribution in [-0.2, 0) is 6.42 Å². The molecule has 0 aliphatic carbocycles. The second-order valence-corrected chi connectivity index (χ2v) is 4.77. The van der Waals surface area contributed by atoms with Gasteiger partial charge in [-0.15, -0.1) is 0 Å². The molecule has 0 saturated heterocycles. The lowest BCUT2D eigenvalue weighted by Crippen LogP contribution is -2.12. The number of hydrogen-bond donors (Lipinski definition) is 1. The van der Waals surface area contributed by atoms with Gasteiger partial charge in [-0.3, -0.25) is 0 Å². The van der Waals surface area contributed by atoms with Gasteiger partial charge in [0.1, 0.15) is 5.82 Å². The summed E-state index contributed by atoms with van der Waals surface area (Å²) in [5.41, 5.74) is 10.4. The van der Waals surface area contributed by atoms with Crippen molar-refractivity contribution in [1.82, 2.24) is 9.97 Å². The Morgan fingerprint density at radius 3 is 2.83 bits per heavy atom. The van der Waals surface area contributed by atoms with E-state index in [9.17, 15) is 0 Å². The van der Waals surface area contributed by atoms with Gasteiger partial charge < -0.3 is 10.6 Å². The summed E-state index contributed by atoms with van der Waals surface area (Å²) in [6.45, 7) is 3.01. The minimum absolute atomic E-state index is 0.523. The smallest absolute Gasteiger partial charge is 0.161 e. The summed E-state index contributed by atoms with van der Waals surface area (Å²) in [6.07, 6.45) is 1.08. The number of nitrogens with two attached hydrogens (primary N) is 1. The highest BCUT2D eigenvalue weighted by atomic mass is 15.1. The Balaban J connectivity index is 2.07. The molecule has 0 radical (unpaired) electrons. The van der Waals surface area contributed by atoms with Crippen molar-refractivity contribution in [2.75, 3.05) is 24.2 Å². The maximum absolute atomic E-state index is 5.77. The van der Waals surface area contributed by atoms with Gasteiger partial charge >= 0.3 is 0 Å². The van der Waals surface area contributed by atoms with Crippen molar-refractivity contribution in [3.05, 3.63) is 35.5 Å². The van der Waals surface area contributed by atoms with Crippen molar-refractivity contribution in [2.45, 2.75) is 13.3 Å². The fraction of sp³-hybridized carbons (Fsp3) is 0.286. The zero-order chi connectivity index (χ0) is 12.7. The number of nitrogens with zero attached hydrogens (tertiary/aromatic N) is 3.